The first kappa shape index (κ1) is 26.9. The van der Waals surface area contributed by atoms with Crippen LogP contribution in [0, 0.1) is 5.92 Å². The highest BCUT2D eigenvalue weighted by molar-refractivity contribution is 6.07. The Bertz CT molecular complexity index is 1360. The van der Waals surface area contributed by atoms with Crippen LogP contribution in [0.25, 0.3) is 10.9 Å². The largest absolute Gasteiger partial charge is 0.352 e. The summed E-state index contributed by atoms with van der Waals surface area (Å²) in [7, 11) is 0. The second-order valence-corrected chi connectivity index (χ2v) is 11.1. The van der Waals surface area contributed by atoms with E-state index in [4.69, 9.17) is 4.98 Å². The molecule has 0 atom stereocenters. The minimum absolute atomic E-state index is 0.0478. The molecular weight excluding hydrogens is 480 g/mol. The Labute approximate surface area is 232 Å². The first-order valence-electron chi connectivity index (χ1n) is 14.4. The third kappa shape index (κ3) is 7.24. The molecular formula is C34H40N4O. The Balaban J connectivity index is 1.14. The predicted molar refractivity (Wildman–Crippen MR) is 162 cm³/mol. The molecule has 39 heavy (non-hydrogen) atoms. The average Bonchev–Trinajstić information content (AvgIpc) is 2.96. The van der Waals surface area contributed by atoms with Gasteiger partial charge in [-0.3, -0.25) is 4.79 Å². The number of carbonyl (C=O) groups is 1. The number of rotatable bonds is 10. The molecule has 0 saturated carbocycles. The third-order valence-electron chi connectivity index (χ3n) is 7.82. The second-order valence-electron chi connectivity index (χ2n) is 11.1. The Morgan fingerprint density at radius 2 is 1.67 bits per heavy atom. The van der Waals surface area contributed by atoms with Crippen molar-refractivity contribution in [3.05, 3.63) is 102 Å². The Morgan fingerprint density at radius 3 is 2.41 bits per heavy atom. The molecule has 4 aromatic rings. The van der Waals surface area contributed by atoms with Crippen molar-refractivity contribution in [3.8, 4) is 0 Å². The summed E-state index contributed by atoms with van der Waals surface area (Å²) in [6.07, 6.45) is 4.64. The number of aromatic nitrogens is 1. The van der Waals surface area contributed by atoms with Crippen molar-refractivity contribution in [2.24, 2.45) is 5.92 Å². The van der Waals surface area contributed by atoms with E-state index < -0.39 is 0 Å². The van der Waals surface area contributed by atoms with Gasteiger partial charge in [0.1, 0.15) is 5.82 Å². The van der Waals surface area contributed by atoms with E-state index in [1.54, 1.807) is 0 Å². The van der Waals surface area contributed by atoms with Crippen LogP contribution in [0.4, 0.5) is 11.5 Å². The maximum atomic E-state index is 13.3. The summed E-state index contributed by atoms with van der Waals surface area (Å²) in [5, 5.41) is 7.42. The van der Waals surface area contributed by atoms with Gasteiger partial charge in [-0.15, -0.1) is 0 Å². The van der Waals surface area contributed by atoms with E-state index in [1.807, 2.05) is 30.3 Å². The lowest BCUT2D eigenvalue weighted by Gasteiger charge is -2.32. The fraction of sp³-hybridized carbons (Fsp3) is 0.353. The van der Waals surface area contributed by atoms with E-state index in [-0.39, 0.29) is 5.91 Å². The van der Waals surface area contributed by atoms with Crippen molar-refractivity contribution in [2.75, 3.05) is 31.5 Å². The van der Waals surface area contributed by atoms with Crippen LogP contribution in [0.3, 0.4) is 0 Å². The molecule has 3 aromatic carbocycles. The number of pyridine rings is 1. The number of likely N-dealkylation sites (tertiary alicyclic amines) is 1. The molecule has 5 nitrogen and oxygen atoms in total. The van der Waals surface area contributed by atoms with E-state index in [0.29, 0.717) is 23.8 Å². The summed E-state index contributed by atoms with van der Waals surface area (Å²) >= 11 is 0. The third-order valence-corrected chi connectivity index (χ3v) is 7.82. The monoisotopic (exact) mass is 520 g/mol. The highest BCUT2D eigenvalue weighted by atomic mass is 16.1. The van der Waals surface area contributed by atoms with Gasteiger partial charge >= 0.3 is 0 Å². The zero-order valence-electron chi connectivity index (χ0n) is 23.2. The molecule has 0 bridgehead atoms. The summed E-state index contributed by atoms with van der Waals surface area (Å²) in [5.74, 6) is 1.89. The van der Waals surface area contributed by atoms with Crippen molar-refractivity contribution in [1.29, 1.82) is 0 Å². The molecule has 1 amide bonds. The number of hydrogen-bond donors (Lipinski definition) is 2. The molecule has 1 aliphatic heterocycles. The summed E-state index contributed by atoms with van der Waals surface area (Å²) in [6, 6.07) is 28.9. The van der Waals surface area contributed by atoms with Crippen LogP contribution >= 0.6 is 0 Å². The summed E-state index contributed by atoms with van der Waals surface area (Å²) < 4.78 is 0. The Morgan fingerprint density at radius 1 is 0.949 bits per heavy atom. The molecule has 1 fully saturated rings. The lowest BCUT2D eigenvalue weighted by molar-refractivity contribution is 0.0952. The maximum Gasteiger partial charge on any atom is 0.252 e. The van der Waals surface area contributed by atoms with E-state index >= 15 is 0 Å². The first-order valence-corrected chi connectivity index (χ1v) is 14.4. The maximum absolute atomic E-state index is 13.3. The highest BCUT2D eigenvalue weighted by Gasteiger charge is 2.19. The van der Waals surface area contributed by atoms with Crippen LogP contribution in [0.5, 0.6) is 0 Å². The van der Waals surface area contributed by atoms with Gasteiger partial charge in [0.15, 0.2) is 0 Å². The van der Waals surface area contributed by atoms with Crippen LogP contribution < -0.4 is 10.6 Å². The van der Waals surface area contributed by atoms with Crippen LogP contribution in [-0.2, 0) is 6.42 Å². The van der Waals surface area contributed by atoms with Crippen molar-refractivity contribution in [3.63, 3.8) is 0 Å². The van der Waals surface area contributed by atoms with Crippen LogP contribution in [0.2, 0.25) is 0 Å². The number of piperidine rings is 1. The Kier molecular flexibility index (Phi) is 8.89. The summed E-state index contributed by atoms with van der Waals surface area (Å²) in [4.78, 5) is 20.6. The molecule has 1 saturated heterocycles. The molecule has 1 aromatic heterocycles. The lowest BCUT2D eigenvalue weighted by Crippen LogP contribution is -2.36. The molecule has 0 unspecified atom stereocenters. The zero-order chi connectivity index (χ0) is 27.0. The zero-order valence-corrected chi connectivity index (χ0v) is 23.2. The van der Waals surface area contributed by atoms with Crippen molar-refractivity contribution in [1.82, 2.24) is 15.2 Å². The minimum Gasteiger partial charge on any atom is -0.352 e. The van der Waals surface area contributed by atoms with Gasteiger partial charge < -0.3 is 15.5 Å². The van der Waals surface area contributed by atoms with E-state index in [9.17, 15) is 4.79 Å². The Hall–Kier alpha value is -3.70. The fourth-order valence-electron chi connectivity index (χ4n) is 5.49. The minimum atomic E-state index is -0.0478. The van der Waals surface area contributed by atoms with Gasteiger partial charge in [0, 0.05) is 17.6 Å². The number of carbonyl (C=O) groups excluding carboxylic acids is 1. The number of hydrogen-bond acceptors (Lipinski definition) is 4. The molecule has 0 spiro atoms. The molecule has 1 aliphatic rings. The van der Waals surface area contributed by atoms with Gasteiger partial charge in [0.25, 0.3) is 5.91 Å². The SMILES string of the molecule is CC(C)c1ccc(Nc2cc(C(=O)NCCCN3CCC(Cc4ccccc4)CC3)c3ccccc3n2)cc1. The first-order chi connectivity index (χ1) is 19.0. The number of amides is 1. The van der Waals surface area contributed by atoms with Gasteiger partial charge in [-0.05, 0) is 92.5 Å². The van der Waals surface area contributed by atoms with Crippen LogP contribution in [0.1, 0.15) is 60.5 Å². The average molecular weight is 521 g/mol. The molecule has 2 N–H and O–H groups in total. The molecule has 0 radical (unpaired) electrons. The van der Waals surface area contributed by atoms with Crippen molar-refractivity contribution in [2.45, 2.75) is 45.4 Å². The number of benzene rings is 3. The van der Waals surface area contributed by atoms with Gasteiger partial charge in [-0.25, -0.2) is 4.98 Å². The normalized spacial score (nSPS) is 14.5. The van der Waals surface area contributed by atoms with Gasteiger partial charge in [0.05, 0.1) is 11.1 Å². The second kappa shape index (κ2) is 12.9. The smallest absolute Gasteiger partial charge is 0.252 e. The lowest BCUT2D eigenvalue weighted by atomic mass is 9.90. The number of nitrogens with zero attached hydrogens (tertiary/aromatic N) is 2. The predicted octanol–water partition coefficient (Wildman–Crippen LogP) is 7.18. The molecule has 0 aliphatic carbocycles. The molecule has 202 valence electrons. The van der Waals surface area contributed by atoms with Crippen LogP contribution in [-0.4, -0.2) is 42.0 Å². The van der Waals surface area contributed by atoms with Crippen LogP contribution in [0.15, 0.2) is 84.9 Å². The quantitative estimate of drug-likeness (QED) is 0.218. The van der Waals surface area contributed by atoms with Gasteiger partial charge in [0.2, 0.25) is 0 Å². The summed E-state index contributed by atoms with van der Waals surface area (Å²) in [6.45, 7) is 8.36. The van der Waals surface area contributed by atoms with Crippen molar-refractivity contribution >= 4 is 28.3 Å². The fourth-order valence-corrected chi connectivity index (χ4v) is 5.49. The summed E-state index contributed by atoms with van der Waals surface area (Å²) in [5.41, 5.74) is 5.17. The highest BCUT2D eigenvalue weighted by Crippen LogP contribution is 2.25. The van der Waals surface area contributed by atoms with E-state index in [2.05, 4.69) is 84.0 Å². The number of fused-ring (bicyclic) bond motifs is 1. The standard InChI is InChI=1S/C34H40N4O/c1-25(2)28-13-15-29(16-14-28)36-33-24-31(30-11-6-7-12-32(30)37-33)34(39)35-19-8-20-38-21-17-27(18-22-38)23-26-9-4-3-5-10-26/h3-7,9-16,24-25,27H,8,17-23H2,1-2H3,(H,35,39)(H,36,37). The molecule has 5 rings (SSSR count). The number of para-hydroxylation sites is 1. The van der Waals surface area contributed by atoms with Gasteiger partial charge in [-0.2, -0.15) is 0 Å². The van der Waals surface area contributed by atoms with Gasteiger partial charge in [-0.1, -0.05) is 74.5 Å². The van der Waals surface area contributed by atoms with Crippen molar-refractivity contribution < 1.29 is 4.79 Å². The number of nitrogens with one attached hydrogen (secondary N) is 2. The number of anilines is 2. The van der Waals surface area contributed by atoms with E-state index in [0.717, 1.165) is 48.6 Å². The topological polar surface area (TPSA) is 57.3 Å². The molecule has 5 heteroatoms. The molecule has 2 heterocycles. The van der Waals surface area contributed by atoms with E-state index in [1.165, 1.54) is 30.4 Å².